The highest BCUT2D eigenvalue weighted by Gasteiger charge is 2.45. The van der Waals surface area contributed by atoms with E-state index >= 15 is 0 Å². The molecule has 6 heteroatoms. The van der Waals surface area contributed by atoms with Gasteiger partial charge in [0.25, 0.3) is 0 Å². The standard InChI is InChI=1S/C16H14N4O2/c21-16(14-10-13(14)15-2-1-9-22-15)19-11-3-5-12(6-4-11)20-17-7-8-18-20/h1-9,13-14H,10H2,(H,19,21)/t13-,14-/m0/s1. The third kappa shape index (κ3) is 2.39. The van der Waals surface area contributed by atoms with E-state index in [0.717, 1.165) is 23.6 Å². The molecule has 1 aromatic carbocycles. The van der Waals surface area contributed by atoms with Crippen LogP contribution in [-0.4, -0.2) is 20.9 Å². The molecule has 1 saturated carbocycles. The second-order valence-corrected chi connectivity index (χ2v) is 5.32. The van der Waals surface area contributed by atoms with Gasteiger partial charge >= 0.3 is 0 Å². The molecule has 0 unspecified atom stereocenters. The van der Waals surface area contributed by atoms with Gasteiger partial charge in [-0.2, -0.15) is 15.0 Å². The molecule has 0 bridgehead atoms. The lowest BCUT2D eigenvalue weighted by Gasteiger charge is -2.06. The number of nitrogens with one attached hydrogen (secondary N) is 1. The highest BCUT2D eigenvalue weighted by molar-refractivity contribution is 5.95. The molecule has 2 heterocycles. The lowest BCUT2D eigenvalue weighted by molar-refractivity contribution is -0.117. The fourth-order valence-corrected chi connectivity index (χ4v) is 2.56. The summed E-state index contributed by atoms with van der Waals surface area (Å²) < 4.78 is 5.35. The summed E-state index contributed by atoms with van der Waals surface area (Å²) in [4.78, 5) is 13.7. The Morgan fingerprint density at radius 1 is 1.18 bits per heavy atom. The summed E-state index contributed by atoms with van der Waals surface area (Å²) in [5.41, 5.74) is 1.62. The van der Waals surface area contributed by atoms with Crippen LogP contribution >= 0.6 is 0 Å². The zero-order valence-electron chi connectivity index (χ0n) is 11.7. The first kappa shape index (κ1) is 12.8. The number of hydrogen-bond donors (Lipinski definition) is 1. The number of hydrogen-bond acceptors (Lipinski definition) is 4. The summed E-state index contributed by atoms with van der Waals surface area (Å²) >= 11 is 0. The summed E-state index contributed by atoms with van der Waals surface area (Å²) in [6, 6.07) is 11.2. The summed E-state index contributed by atoms with van der Waals surface area (Å²) in [5.74, 6) is 1.13. The largest absolute Gasteiger partial charge is 0.469 e. The normalized spacial score (nSPS) is 19.8. The van der Waals surface area contributed by atoms with Crippen molar-refractivity contribution in [1.82, 2.24) is 15.0 Å². The molecule has 1 aliphatic rings. The van der Waals surface area contributed by atoms with Gasteiger partial charge in [0.15, 0.2) is 0 Å². The van der Waals surface area contributed by atoms with E-state index in [9.17, 15) is 4.79 Å². The molecule has 6 nitrogen and oxygen atoms in total. The molecular weight excluding hydrogens is 280 g/mol. The quantitative estimate of drug-likeness (QED) is 0.802. The van der Waals surface area contributed by atoms with Gasteiger partial charge in [-0.15, -0.1) is 0 Å². The van der Waals surface area contributed by atoms with E-state index in [1.165, 1.54) is 4.80 Å². The molecule has 1 N–H and O–H groups in total. The Morgan fingerprint density at radius 2 is 1.95 bits per heavy atom. The molecule has 0 saturated heterocycles. The first-order valence-corrected chi connectivity index (χ1v) is 7.12. The smallest absolute Gasteiger partial charge is 0.228 e. The van der Waals surface area contributed by atoms with Crippen LogP contribution in [0.25, 0.3) is 5.69 Å². The van der Waals surface area contributed by atoms with Crippen molar-refractivity contribution in [2.24, 2.45) is 5.92 Å². The van der Waals surface area contributed by atoms with Gasteiger partial charge in [-0.1, -0.05) is 0 Å². The Bertz CT molecular complexity index is 763. The average Bonchev–Trinajstić information content (AvgIpc) is 2.97. The maximum Gasteiger partial charge on any atom is 0.228 e. The number of carbonyl (C=O) groups excluding carboxylic acids is 1. The van der Waals surface area contributed by atoms with Crippen molar-refractivity contribution in [3.63, 3.8) is 0 Å². The summed E-state index contributed by atoms with van der Waals surface area (Å²) in [6.07, 6.45) is 5.73. The first-order valence-electron chi connectivity index (χ1n) is 7.12. The third-order valence-corrected chi connectivity index (χ3v) is 3.82. The number of rotatable bonds is 4. The maximum absolute atomic E-state index is 12.2. The molecule has 0 spiro atoms. The molecule has 0 aliphatic heterocycles. The van der Waals surface area contributed by atoms with Crippen LogP contribution in [0.2, 0.25) is 0 Å². The van der Waals surface area contributed by atoms with E-state index in [4.69, 9.17) is 4.42 Å². The maximum atomic E-state index is 12.2. The molecule has 2 atom stereocenters. The number of carbonyl (C=O) groups is 1. The number of furan rings is 1. The molecule has 4 rings (SSSR count). The van der Waals surface area contributed by atoms with E-state index in [2.05, 4.69) is 15.5 Å². The van der Waals surface area contributed by atoms with Crippen molar-refractivity contribution in [2.45, 2.75) is 12.3 Å². The summed E-state index contributed by atoms with van der Waals surface area (Å²) in [7, 11) is 0. The molecule has 1 fully saturated rings. The zero-order valence-corrected chi connectivity index (χ0v) is 11.7. The molecule has 110 valence electrons. The molecule has 0 radical (unpaired) electrons. The lowest BCUT2D eigenvalue weighted by Crippen LogP contribution is -2.14. The van der Waals surface area contributed by atoms with E-state index in [0.29, 0.717) is 0 Å². The molecule has 3 aromatic rings. The van der Waals surface area contributed by atoms with E-state index < -0.39 is 0 Å². The second kappa shape index (κ2) is 5.14. The molecule has 1 amide bonds. The number of benzene rings is 1. The minimum Gasteiger partial charge on any atom is -0.469 e. The minimum atomic E-state index is -0.00129. The van der Waals surface area contributed by atoms with Crippen molar-refractivity contribution in [3.8, 4) is 5.69 Å². The Kier molecular flexibility index (Phi) is 3.00. The van der Waals surface area contributed by atoms with Crippen LogP contribution < -0.4 is 5.32 Å². The number of amides is 1. The van der Waals surface area contributed by atoms with E-state index in [-0.39, 0.29) is 17.7 Å². The fraction of sp³-hybridized carbons (Fsp3) is 0.188. The summed E-state index contributed by atoms with van der Waals surface area (Å²) in [5, 5.41) is 11.1. The fourth-order valence-electron chi connectivity index (χ4n) is 2.56. The van der Waals surface area contributed by atoms with Gasteiger partial charge in [0, 0.05) is 17.5 Å². The molecule has 22 heavy (non-hydrogen) atoms. The predicted octanol–water partition coefficient (Wildman–Crippen LogP) is 2.60. The second-order valence-electron chi connectivity index (χ2n) is 5.32. The van der Waals surface area contributed by atoms with Gasteiger partial charge in [-0.3, -0.25) is 4.79 Å². The van der Waals surface area contributed by atoms with Crippen LogP contribution in [0.15, 0.2) is 59.5 Å². The van der Waals surface area contributed by atoms with E-state index in [1.54, 1.807) is 18.7 Å². The predicted molar refractivity (Wildman–Crippen MR) is 79.5 cm³/mol. The highest BCUT2D eigenvalue weighted by Crippen LogP contribution is 2.48. The Labute approximate surface area is 126 Å². The lowest BCUT2D eigenvalue weighted by atomic mass is 10.2. The van der Waals surface area contributed by atoms with Gasteiger partial charge in [0.05, 0.1) is 24.3 Å². The SMILES string of the molecule is O=C(Nc1ccc(-n2nccn2)cc1)[C@H]1C[C@@H]1c1ccco1. The van der Waals surface area contributed by atoms with Crippen LogP contribution in [0.5, 0.6) is 0 Å². The number of nitrogens with zero attached hydrogens (tertiary/aromatic N) is 3. The van der Waals surface area contributed by atoms with Crippen LogP contribution in [0.3, 0.4) is 0 Å². The zero-order chi connectivity index (χ0) is 14.9. The Balaban J connectivity index is 1.40. The topological polar surface area (TPSA) is 73.0 Å². The minimum absolute atomic E-state index is 0.00129. The molecule has 1 aliphatic carbocycles. The Morgan fingerprint density at radius 3 is 2.64 bits per heavy atom. The van der Waals surface area contributed by atoms with Crippen LogP contribution in [0, 0.1) is 5.92 Å². The van der Waals surface area contributed by atoms with Crippen LogP contribution in [-0.2, 0) is 4.79 Å². The Hall–Kier alpha value is -2.89. The summed E-state index contributed by atoms with van der Waals surface area (Å²) in [6.45, 7) is 0. The van der Waals surface area contributed by atoms with Gasteiger partial charge in [0.2, 0.25) is 5.91 Å². The van der Waals surface area contributed by atoms with Crippen molar-refractivity contribution in [3.05, 3.63) is 60.8 Å². The first-order chi connectivity index (χ1) is 10.8. The van der Waals surface area contributed by atoms with Crippen LogP contribution in [0.4, 0.5) is 5.69 Å². The van der Waals surface area contributed by atoms with Gasteiger partial charge < -0.3 is 9.73 Å². The van der Waals surface area contributed by atoms with Gasteiger partial charge in [-0.25, -0.2) is 0 Å². The van der Waals surface area contributed by atoms with Crippen molar-refractivity contribution in [2.75, 3.05) is 5.32 Å². The van der Waals surface area contributed by atoms with Crippen molar-refractivity contribution >= 4 is 11.6 Å². The third-order valence-electron chi connectivity index (χ3n) is 3.82. The van der Waals surface area contributed by atoms with Crippen molar-refractivity contribution < 1.29 is 9.21 Å². The monoisotopic (exact) mass is 294 g/mol. The molecule has 2 aromatic heterocycles. The number of aromatic nitrogens is 3. The molecular formula is C16H14N4O2. The number of anilines is 1. The van der Waals surface area contributed by atoms with Crippen molar-refractivity contribution in [1.29, 1.82) is 0 Å². The van der Waals surface area contributed by atoms with Crippen LogP contribution in [0.1, 0.15) is 18.1 Å². The van der Waals surface area contributed by atoms with Gasteiger partial charge in [-0.05, 0) is 42.8 Å². The van der Waals surface area contributed by atoms with E-state index in [1.807, 2.05) is 36.4 Å². The average molecular weight is 294 g/mol. The highest BCUT2D eigenvalue weighted by atomic mass is 16.3. The van der Waals surface area contributed by atoms with Gasteiger partial charge in [0.1, 0.15) is 5.76 Å².